The van der Waals surface area contributed by atoms with Crippen molar-refractivity contribution in [2.75, 3.05) is 0 Å². The number of hydrogen-bond acceptors (Lipinski definition) is 0. The van der Waals surface area contributed by atoms with E-state index < -0.39 is 0 Å². The highest BCUT2D eigenvalue weighted by atomic mass is 14.3. The Kier molecular flexibility index (Phi) is 5.19. The summed E-state index contributed by atoms with van der Waals surface area (Å²) in [6.07, 6.45) is 5.47. The summed E-state index contributed by atoms with van der Waals surface area (Å²) in [7, 11) is 0. The van der Waals surface area contributed by atoms with Crippen LogP contribution >= 0.6 is 0 Å². The highest BCUT2D eigenvalue weighted by molar-refractivity contribution is 4.78. The Balaban J connectivity index is 4.26. The number of rotatable bonds is 4. The van der Waals surface area contributed by atoms with Gasteiger partial charge in [0.15, 0.2) is 0 Å². The van der Waals surface area contributed by atoms with Crippen molar-refractivity contribution >= 4 is 0 Å². The van der Waals surface area contributed by atoms with Crippen molar-refractivity contribution in [1.29, 1.82) is 0 Å². The van der Waals surface area contributed by atoms with Gasteiger partial charge >= 0.3 is 0 Å². The third kappa shape index (κ3) is 6.45. The fraction of sp³-hybridized carbons (Fsp3) is 1.00. The van der Waals surface area contributed by atoms with Gasteiger partial charge in [-0.15, -0.1) is 0 Å². The lowest BCUT2D eigenvalue weighted by atomic mass is 9.70. The molecule has 86 valence electrons. The molecule has 0 aromatic heterocycles. The van der Waals surface area contributed by atoms with Crippen LogP contribution in [0.15, 0.2) is 0 Å². The first-order valence-corrected chi connectivity index (χ1v) is 6.17. The Hall–Kier alpha value is 0. The zero-order valence-corrected chi connectivity index (χ0v) is 11.4. The van der Waals surface area contributed by atoms with E-state index in [2.05, 4.69) is 48.5 Å². The molecule has 0 aliphatic rings. The van der Waals surface area contributed by atoms with E-state index in [0.29, 0.717) is 10.8 Å². The van der Waals surface area contributed by atoms with E-state index in [1.807, 2.05) is 0 Å². The van der Waals surface area contributed by atoms with Gasteiger partial charge in [-0.25, -0.2) is 0 Å². The highest BCUT2D eigenvalue weighted by Gasteiger charge is 2.28. The average Bonchev–Trinajstić information content (AvgIpc) is 1.93. The van der Waals surface area contributed by atoms with Crippen LogP contribution in [-0.2, 0) is 0 Å². The summed E-state index contributed by atoms with van der Waals surface area (Å²) >= 11 is 0. The van der Waals surface area contributed by atoms with Crippen LogP contribution in [-0.4, -0.2) is 0 Å². The SMILES string of the molecule is CCCCC(CC(C)(C)C)C(C)(C)C. The van der Waals surface area contributed by atoms with Crippen molar-refractivity contribution in [3.8, 4) is 0 Å². The van der Waals surface area contributed by atoms with E-state index in [-0.39, 0.29) is 0 Å². The topological polar surface area (TPSA) is 0 Å². The molecule has 1 atom stereocenters. The minimum absolute atomic E-state index is 0.475. The van der Waals surface area contributed by atoms with Crippen molar-refractivity contribution < 1.29 is 0 Å². The predicted molar refractivity (Wildman–Crippen MR) is 66.5 cm³/mol. The second-order valence-electron chi connectivity index (χ2n) is 6.97. The first-order valence-electron chi connectivity index (χ1n) is 6.17. The summed E-state index contributed by atoms with van der Waals surface area (Å²) in [5, 5.41) is 0. The molecular weight excluding hydrogens is 168 g/mol. The van der Waals surface area contributed by atoms with Crippen LogP contribution in [0.25, 0.3) is 0 Å². The normalized spacial score (nSPS) is 15.6. The Morgan fingerprint density at radius 1 is 0.929 bits per heavy atom. The Morgan fingerprint density at radius 3 is 1.71 bits per heavy atom. The molecule has 14 heavy (non-hydrogen) atoms. The molecule has 0 N–H and O–H groups in total. The van der Waals surface area contributed by atoms with Crippen LogP contribution in [0, 0.1) is 16.7 Å². The van der Waals surface area contributed by atoms with Crippen LogP contribution in [0.3, 0.4) is 0 Å². The van der Waals surface area contributed by atoms with Gasteiger partial charge in [0.05, 0.1) is 0 Å². The van der Waals surface area contributed by atoms with E-state index in [1.54, 1.807) is 0 Å². The van der Waals surface area contributed by atoms with Gasteiger partial charge in [-0.3, -0.25) is 0 Å². The average molecular weight is 198 g/mol. The maximum Gasteiger partial charge on any atom is -0.0354 e. The third-order valence-electron chi connectivity index (χ3n) is 2.99. The van der Waals surface area contributed by atoms with Crippen molar-refractivity contribution in [3.63, 3.8) is 0 Å². The molecule has 0 aromatic rings. The van der Waals surface area contributed by atoms with Gasteiger partial charge in [0.2, 0.25) is 0 Å². The van der Waals surface area contributed by atoms with Crippen molar-refractivity contribution in [2.45, 2.75) is 74.1 Å². The van der Waals surface area contributed by atoms with Gasteiger partial charge in [0, 0.05) is 0 Å². The Morgan fingerprint density at radius 2 is 1.43 bits per heavy atom. The predicted octanol–water partition coefficient (Wildman–Crippen LogP) is 5.28. The second kappa shape index (κ2) is 5.19. The molecule has 0 heterocycles. The van der Waals surface area contributed by atoms with E-state index in [9.17, 15) is 0 Å². The maximum atomic E-state index is 2.39. The van der Waals surface area contributed by atoms with Gasteiger partial charge in [-0.05, 0) is 29.6 Å². The monoisotopic (exact) mass is 198 g/mol. The van der Waals surface area contributed by atoms with E-state index >= 15 is 0 Å². The first kappa shape index (κ1) is 14.0. The van der Waals surface area contributed by atoms with Gasteiger partial charge in [0.1, 0.15) is 0 Å². The molecule has 0 aliphatic heterocycles. The van der Waals surface area contributed by atoms with Gasteiger partial charge < -0.3 is 0 Å². The summed E-state index contributed by atoms with van der Waals surface area (Å²) < 4.78 is 0. The third-order valence-corrected chi connectivity index (χ3v) is 2.99. The quantitative estimate of drug-likeness (QED) is 0.577. The fourth-order valence-electron chi connectivity index (χ4n) is 2.03. The van der Waals surface area contributed by atoms with Crippen LogP contribution in [0.4, 0.5) is 0 Å². The summed E-state index contributed by atoms with van der Waals surface area (Å²) in [4.78, 5) is 0. The van der Waals surface area contributed by atoms with Crippen LogP contribution in [0.1, 0.15) is 74.1 Å². The van der Waals surface area contributed by atoms with Crippen LogP contribution in [0.2, 0.25) is 0 Å². The van der Waals surface area contributed by atoms with Crippen LogP contribution in [0.5, 0.6) is 0 Å². The molecule has 0 rings (SSSR count). The molecule has 0 radical (unpaired) electrons. The molecule has 0 amide bonds. The largest absolute Gasteiger partial charge is 0.0654 e. The molecule has 0 aliphatic carbocycles. The van der Waals surface area contributed by atoms with E-state index in [1.165, 1.54) is 25.7 Å². The maximum absolute atomic E-state index is 2.39. The first-order chi connectivity index (χ1) is 6.17. The van der Waals surface area contributed by atoms with Crippen LogP contribution < -0.4 is 0 Å². The molecule has 0 aromatic carbocycles. The summed E-state index contributed by atoms with van der Waals surface area (Å²) in [5.41, 5.74) is 0.953. The second-order valence-corrected chi connectivity index (χ2v) is 6.97. The Bertz CT molecular complexity index is 142. The smallest absolute Gasteiger partial charge is 0.0354 e. The number of hydrogen-bond donors (Lipinski definition) is 0. The molecule has 0 saturated heterocycles. The van der Waals surface area contributed by atoms with Crippen molar-refractivity contribution in [3.05, 3.63) is 0 Å². The minimum Gasteiger partial charge on any atom is -0.0654 e. The standard InChI is InChI=1S/C14H30/c1-8-9-10-12(14(5,6)7)11-13(2,3)4/h12H,8-11H2,1-7H3. The van der Waals surface area contributed by atoms with E-state index in [0.717, 1.165) is 5.92 Å². The lowest BCUT2D eigenvalue weighted by Gasteiger charge is -2.35. The lowest BCUT2D eigenvalue weighted by Crippen LogP contribution is -2.25. The lowest BCUT2D eigenvalue weighted by molar-refractivity contribution is 0.152. The number of unbranched alkanes of at least 4 members (excludes halogenated alkanes) is 1. The zero-order chi connectivity index (χ0) is 11.4. The Labute approximate surface area is 91.5 Å². The molecule has 0 heteroatoms. The van der Waals surface area contributed by atoms with Crippen molar-refractivity contribution in [1.82, 2.24) is 0 Å². The molecule has 1 unspecified atom stereocenters. The van der Waals surface area contributed by atoms with Gasteiger partial charge in [-0.2, -0.15) is 0 Å². The van der Waals surface area contributed by atoms with E-state index in [4.69, 9.17) is 0 Å². The molecule has 0 bridgehead atoms. The summed E-state index contributed by atoms with van der Waals surface area (Å²) in [5.74, 6) is 0.877. The molecular formula is C14H30. The van der Waals surface area contributed by atoms with Crippen molar-refractivity contribution in [2.24, 2.45) is 16.7 Å². The molecule has 0 nitrogen and oxygen atoms in total. The highest BCUT2D eigenvalue weighted by Crippen LogP contribution is 2.38. The van der Waals surface area contributed by atoms with Gasteiger partial charge in [-0.1, -0.05) is 61.3 Å². The minimum atomic E-state index is 0.475. The molecule has 0 spiro atoms. The summed E-state index contributed by atoms with van der Waals surface area (Å²) in [6.45, 7) is 16.5. The molecule has 0 fully saturated rings. The molecule has 0 saturated carbocycles. The fourth-order valence-corrected chi connectivity index (χ4v) is 2.03. The van der Waals surface area contributed by atoms with Gasteiger partial charge in [0.25, 0.3) is 0 Å². The zero-order valence-electron chi connectivity index (χ0n) is 11.4. The summed E-state index contributed by atoms with van der Waals surface area (Å²) in [6, 6.07) is 0.